The highest BCUT2D eigenvalue weighted by molar-refractivity contribution is 5.55. The van der Waals surface area contributed by atoms with Gasteiger partial charge in [0.05, 0.1) is 0 Å². The van der Waals surface area contributed by atoms with Crippen molar-refractivity contribution < 1.29 is 0 Å². The number of hydrogen-bond donors (Lipinski definition) is 0. The molecule has 2 aliphatic carbocycles. The molecule has 0 N–H and O–H groups in total. The molecule has 2 unspecified atom stereocenters. The zero-order valence-corrected chi connectivity index (χ0v) is 10.9. The fourth-order valence-corrected chi connectivity index (χ4v) is 2.52. The van der Waals surface area contributed by atoms with Crippen molar-refractivity contribution >= 4 is 0 Å². The summed E-state index contributed by atoms with van der Waals surface area (Å²) < 4.78 is 0. The normalized spacial score (nSPS) is 31.7. The maximum absolute atomic E-state index is 3.94. The van der Waals surface area contributed by atoms with Gasteiger partial charge in [0.1, 0.15) is 0 Å². The molecule has 2 rings (SSSR count). The van der Waals surface area contributed by atoms with Crippen LogP contribution in [0.1, 0.15) is 20.8 Å². The number of fused-ring (bicyclic) bond motifs is 1. The molecule has 0 aliphatic heterocycles. The summed E-state index contributed by atoms with van der Waals surface area (Å²) in [4.78, 5) is 0. The summed E-state index contributed by atoms with van der Waals surface area (Å²) in [6.45, 7) is 10.5. The topological polar surface area (TPSA) is 0 Å². The summed E-state index contributed by atoms with van der Waals surface area (Å²) in [6, 6.07) is 0. The predicted molar refractivity (Wildman–Crippen MR) is 75.7 cm³/mol. The lowest BCUT2D eigenvalue weighted by Gasteiger charge is -2.36. The first-order valence-electron chi connectivity index (χ1n) is 6.17. The number of hydrogen-bond acceptors (Lipinski definition) is 0. The Hall–Kier alpha value is -1.56. The third-order valence-corrected chi connectivity index (χ3v) is 3.80. The van der Waals surface area contributed by atoms with E-state index in [1.165, 1.54) is 16.7 Å². The van der Waals surface area contributed by atoms with Gasteiger partial charge >= 0.3 is 0 Å². The van der Waals surface area contributed by atoms with Crippen molar-refractivity contribution in [1.29, 1.82) is 0 Å². The summed E-state index contributed by atoms with van der Waals surface area (Å²) in [6.07, 6.45) is 17.7. The van der Waals surface area contributed by atoms with Crippen LogP contribution in [0, 0.1) is 11.3 Å². The number of allylic oxidation sites excluding steroid dienone is 11. The van der Waals surface area contributed by atoms with Crippen LogP contribution in [-0.2, 0) is 0 Å². The smallest absolute Gasteiger partial charge is 0.0143 e. The van der Waals surface area contributed by atoms with E-state index in [0.29, 0.717) is 5.92 Å². The Labute approximate surface area is 104 Å². The lowest BCUT2D eigenvalue weighted by Crippen LogP contribution is -2.25. The standard InChI is InChI=1S/C17H20/c1-5-13(3)16-11-15-9-7-8-10-17(15,4)12-14(16)6-2/h5-12,15H,2H2,1,3-4H3. The van der Waals surface area contributed by atoms with Crippen molar-refractivity contribution in [2.24, 2.45) is 11.3 Å². The molecule has 0 bridgehead atoms. The van der Waals surface area contributed by atoms with Gasteiger partial charge in [-0.05, 0) is 30.6 Å². The van der Waals surface area contributed by atoms with Crippen molar-refractivity contribution in [3.8, 4) is 0 Å². The fraction of sp³-hybridized carbons (Fsp3) is 0.294. The van der Waals surface area contributed by atoms with Crippen LogP contribution in [0.5, 0.6) is 0 Å². The molecule has 0 heterocycles. The van der Waals surface area contributed by atoms with Crippen molar-refractivity contribution in [3.63, 3.8) is 0 Å². The molecule has 2 atom stereocenters. The molecule has 0 heteroatoms. The Morgan fingerprint density at radius 1 is 1.41 bits per heavy atom. The lowest BCUT2D eigenvalue weighted by atomic mass is 9.68. The van der Waals surface area contributed by atoms with Crippen molar-refractivity contribution in [1.82, 2.24) is 0 Å². The third kappa shape index (κ3) is 2.00. The van der Waals surface area contributed by atoms with E-state index in [0.717, 1.165) is 0 Å². The van der Waals surface area contributed by atoms with Crippen LogP contribution >= 0.6 is 0 Å². The highest BCUT2D eigenvalue weighted by atomic mass is 14.4. The Bertz CT molecular complexity index is 480. The summed E-state index contributed by atoms with van der Waals surface area (Å²) in [5.74, 6) is 0.459. The third-order valence-electron chi connectivity index (χ3n) is 3.80. The molecule has 0 amide bonds. The van der Waals surface area contributed by atoms with Crippen molar-refractivity contribution in [2.45, 2.75) is 20.8 Å². The van der Waals surface area contributed by atoms with E-state index < -0.39 is 0 Å². The van der Waals surface area contributed by atoms with Gasteiger partial charge in [0.15, 0.2) is 0 Å². The van der Waals surface area contributed by atoms with Gasteiger partial charge in [-0.3, -0.25) is 0 Å². The molecule has 0 fully saturated rings. The molecule has 2 aliphatic rings. The molecule has 0 saturated carbocycles. The lowest BCUT2D eigenvalue weighted by molar-refractivity contribution is 0.448. The van der Waals surface area contributed by atoms with E-state index in [1.807, 2.05) is 6.08 Å². The van der Waals surface area contributed by atoms with Crippen LogP contribution in [0.2, 0.25) is 0 Å². The Kier molecular flexibility index (Phi) is 3.06. The molecule has 0 saturated heterocycles. The van der Waals surface area contributed by atoms with E-state index >= 15 is 0 Å². The molecule has 0 aromatic heterocycles. The SMILES string of the molecule is C=CC1=CC2(C)C=CC=CC2C=C1C(C)=CC. The van der Waals surface area contributed by atoms with E-state index in [2.05, 4.69) is 69.9 Å². The maximum Gasteiger partial charge on any atom is 0.0143 e. The van der Waals surface area contributed by atoms with Crippen molar-refractivity contribution in [2.75, 3.05) is 0 Å². The molecular formula is C17H20. The van der Waals surface area contributed by atoms with Crippen LogP contribution < -0.4 is 0 Å². The molecular weight excluding hydrogens is 204 g/mol. The molecule has 17 heavy (non-hydrogen) atoms. The average molecular weight is 224 g/mol. The second kappa shape index (κ2) is 4.37. The van der Waals surface area contributed by atoms with Crippen LogP contribution in [0.4, 0.5) is 0 Å². The van der Waals surface area contributed by atoms with E-state index in [9.17, 15) is 0 Å². The highest BCUT2D eigenvalue weighted by Crippen LogP contribution is 2.43. The highest BCUT2D eigenvalue weighted by Gasteiger charge is 2.32. The first-order valence-corrected chi connectivity index (χ1v) is 6.17. The second-order valence-electron chi connectivity index (χ2n) is 4.99. The first-order chi connectivity index (χ1) is 8.10. The minimum atomic E-state index is 0.107. The Morgan fingerprint density at radius 2 is 2.18 bits per heavy atom. The summed E-state index contributed by atoms with van der Waals surface area (Å²) in [5, 5.41) is 0. The summed E-state index contributed by atoms with van der Waals surface area (Å²) in [5.41, 5.74) is 4.00. The Morgan fingerprint density at radius 3 is 2.82 bits per heavy atom. The minimum absolute atomic E-state index is 0.107. The quantitative estimate of drug-likeness (QED) is 0.634. The largest absolute Gasteiger partial charge is 0.0985 e. The van der Waals surface area contributed by atoms with Gasteiger partial charge in [0.25, 0.3) is 0 Å². The van der Waals surface area contributed by atoms with E-state index in [-0.39, 0.29) is 5.41 Å². The Balaban J connectivity index is 2.51. The van der Waals surface area contributed by atoms with Gasteiger partial charge < -0.3 is 0 Å². The zero-order valence-electron chi connectivity index (χ0n) is 10.9. The summed E-state index contributed by atoms with van der Waals surface area (Å²) >= 11 is 0. The molecule has 0 nitrogen and oxygen atoms in total. The van der Waals surface area contributed by atoms with Crippen LogP contribution in [0.3, 0.4) is 0 Å². The monoisotopic (exact) mass is 224 g/mol. The fourth-order valence-electron chi connectivity index (χ4n) is 2.52. The zero-order chi connectivity index (χ0) is 12.5. The molecule has 0 spiro atoms. The van der Waals surface area contributed by atoms with Gasteiger partial charge in [-0.2, -0.15) is 0 Å². The van der Waals surface area contributed by atoms with Gasteiger partial charge in [-0.25, -0.2) is 0 Å². The molecule has 0 radical (unpaired) electrons. The molecule has 0 aromatic rings. The molecule has 0 aromatic carbocycles. The van der Waals surface area contributed by atoms with Gasteiger partial charge in [0.2, 0.25) is 0 Å². The van der Waals surface area contributed by atoms with Gasteiger partial charge in [-0.15, -0.1) is 0 Å². The average Bonchev–Trinajstić information content (AvgIpc) is 2.35. The van der Waals surface area contributed by atoms with Gasteiger partial charge in [-0.1, -0.05) is 62.1 Å². The van der Waals surface area contributed by atoms with Crippen LogP contribution in [0.15, 0.2) is 71.9 Å². The maximum atomic E-state index is 3.94. The van der Waals surface area contributed by atoms with Gasteiger partial charge in [0, 0.05) is 11.3 Å². The molecule has 88 valence electrons. The first kappa shape index (κ1) is 11.9. The minimum Gasteiger partial charge on any atom is -0.0985 e. The number of rotatable bonds is 2. The van der Waals surface area contributed by atoms with Crippen LogP contribution in [-0.4, -0.2) is 0 Å². The van der Waals surface area contributed by atoms with Crippen LogP contribution in [0.25, 0.3) is 0 Å². The van der Waals surface area contributed by atoms with E-state index in [4.69, 9.17) is 0 Å². The second-order valence-corrected chi connectivity index (χ2v) is 4.99. The predicted octanol–water partition coefficient (Wildman–Crippen LogP) is 4.75. The summed E-state index contributed by atoms with van der Waals surface area (Å²) in [7, 11) is 0. The van der Waals surface area contributed by atoms with E-state index in [1.54, 1.807) is 0 Å². The van der Waals surface area contributed by atoms with Crippen molar-refractivity contribution in [3.05, 3.63) is 71.9 Å².